The van der Waals surface area contributed by atoms with Gasteiger partial charge in [-0.3, -0.25) is 9.69 Å². The Kier molecular flexibility index (Phi) is 6.81. The summed E-state index contributed by atoms with van der Waals surface area (Å²) in [5, 5.41) is 6.11. The van der Waals surface area contributed by atoms with Crippen LogP contribution in [0.1, 0.15) is 23.7 Å². The molecule has 176 valence electrons. The highest BCUT2D eigenvalue weighted by Crippen LogP contribution is 2.62. The lowest BCUT2D eigenvalue weighted by Gasteiger charge is -2.31. The van der Waals surface area contributed by atoms with Gasteiger partial charge in [0, 0.05) is 13.0 Å². The molecule has 4 nitrogen and oxygen atoms in total. The van der Waals surface area contributed by atoms with Gasteiger partial charge in [0.25, 0.3) is 5.91 Å². The molecule has 1 fully saturated rings. The molecule has 1 atom stereocenters. The SMILES string of the molecule is CCOC(=O)c1ccsc1N1CCC([P+](c2ccccc2)(c2ccccc2)c2ccccc2)C1=O. The summed E-state index contributed by atoms with van der Waals surface area (Å²) >= 11 is 1.42. The van der Waals surface area contributed by atoms with Crippen molar-refractivity contribution in [1.82, 2.24) is 0 Å². The summed E-state index contributed by atoms with van der Waals surface area (Å²) in [5.41, 5.74) is 0.237. The summed E-state index contributed by atoms with van der Waals surface area (Å²) in [6.07, 6.45) is 0.714. The first-order valence-electron chi connectivity index (χ1n) is 11.8. The van der Waals surface area contributed by atoms with Crippen molar-refractivity contribution >= 4 is 51.4 Å². The number of benzene rings is 3. The molecule has 5 rings (SSSR count). The molecule has 35 heavy (non-hydrogen) atoms. The topological polar surface area (TPSA) is 46.6 Å². The number of thiophene rings is 1. The number of amides is 1. The van der Waals surface area contributed by atoms with Gasteiger partial charge in [-0.25, -0.2) is 4.79 Å². The minimum absolute atomic E-state index is 0.0721. The molecule has 3 aromatic carbocycles. The fourth-order valence-electron chi connectivity index (χ4n) is 5.08. The Labute approximate surface area is 210 Å². The number of anilines is 1. The van der Waals surface area contributed by atoms with E-state index < -0.39 is 7.26 Å². The van der Waals surface area contributed by atoms with Gasteiger partial charge in [-0.1, -0.05) is 54.6 Å². The summed E-state index contributed by atoms with van der Waals surface area (Å²) in [7, 11) is -2.35. The van der Waals surface area contributed by atoms with Crippen molar-refractivity contribution in [2.24, 2.45) is 0 Å². The van der Waals surface area contributed by atoms with E-state index in [4.69, 9.17) is 4.74 Å². The molecule has 1 aliphatic rings. The average molecular weight is 501 g/mol. The first kappa shape index (κ1) is 23.5. The zero-order valence-electron chi connectivity index (χ0n) is 19.5. The predicted molar refractivity (Wildman–Crippen MR) is 146 cm³/mol. The van der Waals surface area contributed by atoms with E-state index in [1.807, 2.05) is 28.5 Å². The monoisotopic (exact) mass is 500 g/mol. The molecular formula is C29H27NO3PS+. The van der Waals surface area contributed by atoms with E-state index in [1.165, 1.54) is 27.3 Å². The van der Waals surface area contributed by atoms with Crippen molar-refractivity contribution in [1.29, 1.82) is 0 Å². The maximum Gasteiger partial charge on any atom is 0.341 e. The second kappa shape index (κ2) is 10.2. The zero-order chi connectivity index (χ0) is 24.3. The number of carbonyl (C=O) groups excluding carboxylic acids is 2. The van der Waals surface area contributed by atoms with Crippen LogP contribution in [0.2, 0.25) is 0 Å². The predicted octanol–water partition coefficient (Wildman–Crippen LogP) is 5.02. The van der Waals surface area contributed by atoms with Crippen molar-refractivity contribution in [3.05, 3.63) is 108 Å². The molecule has 4 aromatic rings. The number of rotatable bonds is 7. The number of carbonyl (C=O) groups is 2. The highest BCUT2D eigenvalue weighted by atomic mass is 32.1. The third kappa shape index (κ3) is 4.09. The van der Waals surface area contributed by atoms with Gasteiger partial charge in [0.2, 0.25) is 0 Å². The van der Waals surface area contributed by atoms with Gasteiger partial charge in [-0.2, -0.15) is 0 Å². The minimum Gasteiger partial charge on any atom is -0.462 e. The van der Waals surface area contributed by atoms with Crippen molar-refractivity contribution in [2.45, 2.75) is 19.0 Å². The third-order valence-electron chi connectivity index (χ3n) is 6.52. The van der Waals surface area contributed by atoms with Crippen molar-refractivity contribution in [3.8, 4) is 0 Å². The van der Waals surface area contributed by atoms with Crippen LogP contribution >= 0.6 is 18.6 Å². The molecule has 0 saturated carbocycles. The van der Waals surface area contributed by atoms with Crippen LogP contribution in [0, 0.1) is 0 Å². The van der Waals surface area contributed by atoms with Crippen LogP contribution in [0.15, 0.2) is 102 Å². The fourth-order valence-corrected chi connectivity index (χ4v) is 10.9. The molecule has 1 saturated heterocycles. The first-order valence-corrected chi connectivity index (χ1v) is 14.5. The van der Waals surface area contributed by atoms with Crippen LogP contribution in [-0.4, -0.2) is 30.7 Å². The standard InChI is InChI=1S/C29H27NO3PS/c1-2-33-29(32)25-19-21-35-28(25)30-20-18-26(27(30)31)34(22-12-6-3-7-13-22,23-14-8-4-9-15-23)24-16-10-5-11-17-24/h3-17,19,21,26H,2,18,20H2,1H3/q+1. The van der Waals surface area contributed by atoms with E-state index in [0.717, 1.165) is 0 Å². The lowest BCUT2D eigenvalue weighted by Crippen LogP contribution is -2.43. The molecule has 1 unspecified atom stereocenters. The number of nitrogens with zero attached hydrogens (tertiary/aromatic N) is 1. The van der Waals surface area contributed by atoms with E-state index >= 15 is 0 Å². The zero-order valence-corrected chi connectivity index (χ0v) is 21.3. The van der Waals surface area contributed by atoms with Gasteiger partial charge >= 0.3 is 5.97 Å². The molecule has 0 bridgehead atoms. The highest BCUT2D eigenvalue weighted by Gasteiger charge is 2.59. The van der Waals surface area contributed by atoms with Gasteiger partial charge in [0.15, 0.2) is 5.66 Å². The Bertz CT molecular complexity index is 1210. The maximum absolute atomic E-state index is 14.3. The van der Waals surface area contributed by atoms with Gasteiger partial charge in [0.1, 0.15) is 28.2 Å². The van der Waals surface area contributed by atoms with Crippen molar-refractivity contribution in [3.63, 3.8) is 0 Å². The van der Waals surface area contributed by atoms with Gasteiger partial charge < -0.3 is 4.74 Å². The molecule has 2 heterocycles. The summed E-state index contributed by atoms with van der Waals surface area (Å²) in [5.74, 6) is -0.307. The maximum atomic E-state index is 14.3. The number of ether oxygens (including phenoxy) is 1. The summed E-state index contributed by atoms with van der Waals surface area (Å²) < 4.78 is 5.26. The largest absolute Gasteiger partial charge is 0.462 e. The van der Waals surface area contributed by atoms with E-state index in [9.17, 15) is 9.59 Å². The van der Waals surface area contributed by atoms with Gasteiger partial charge in [0.05, 0.1) is 12.2 Å². The molecule has 1 aromatic heterocycles. The van der Waals surface area contributed by atoms with E-state index in [2.05, 4.69) is 72.8 Å². The molecule has 6 heteroatoms. The Balaban J connectivity index is 1.68. The summed E-state index contributed by atoms with van der Waals surface area (Å²) in [6.45, 7) is 2.67. The Morgan fingerprint density at radius 2 is 1.40 bits per heavy atom. The quantitative estimate of drug-likeness (QED) is 0.264. The number of esters is 1. The molecular weight excluding hydrogens is 473 g/mol. The minimum atomic E-state index is -2.35. The summed E-state index contributed by atoms with van der Waals surface area (Å²) in [6, 6.07) is 33.2. The first-order chi connectivity index (χ1) is 17.2. The Hall–Kier alpha value is -3.27. The average Bonchev–Trinajstić information content (AvgIpc) is 3.54. The van der Waals surface area contributed by atoms with Crippen LogP contribution in [-0.2, 0) is 9.53 Å². The second-order valence-electron chi connectivity index (χ2n) is 8.38. The van der Waals surface area contributed by atoms with Crippen LogP contribution in [0.5, 0.6) is 0 Å². The molecule has 1 amide bonds. The van der Waals surface area contributed by atoms with Crippen LogP contribution in [0.3, 0.4) is 0 Å². The lowest BCUT2D eigenvalue weighted by molar-refractivity contribution is -0.116. The number of hydrogen-bond acceptors (Lipinski definition) is 4. The lowest BCUT2D eigenvalue weighted by atomic mass is 10.3. The van der Waals surface area contributed by atoms with Crippen molar-refractivity contribution < 1.29 is 14.3 Å². The number of hydrogen-bond donors (Lipinski definition) is 0. The fraction of sp³-hybridized carbons (Fsp3) is 0.172. The van der Waals surface area contributed by atoms with Crippen molar-refractivity contribution in [2.75, 3.05) is 18.1 Å². The molecule has 0 radical (unpaired) electrons. The summed E-state index contributed by atoms with van der Waals surface area (Å²) in [4.78, 5) is 28.7. The molecule has 0 aliphatic carbocycles. The third-order valence-corrected chi connectivity index (χ3v) is 12.2. The molecule has 0 spiro atoms. The Morgan fingerprint density at radius 1 is 0.886 bits per heavy atom. The smallest absolute Gasteiger partial charge is 0.341 e. The van der Waals surface area contributed by atoms with Crippen LogP contribution in [0.25, 0.3) is 0 Å². The van der Waals surface area contributed by atoms with Crippen LogP contribution < -0.4 is 20.8 Å². The van der Waals surface area contributed by atoms with Crippen LogP contribution in [0.4, 0.5) is 5.00 Å². The van der Waals surface area contributed by atoms with Gasteiger partial charge in [-0.15, -0.1) is 11.3 Å². The van der Waals surface area contributed by atoms with E-state index in [1.54, 1.807) is 13.0 Å². The Morgan fingerprint density at radius 3 is 1.89 bits per heavy atom. The van der Waals surface area contributed by atoms with Gasteiger partial charge in [-0.05, 0) is 54.8 Å². The molecule has 0 N–H and O–H groups in total. The second-order valence-corrected chi connectivity index (χ2v) is 12.9. The normalized spacial score (nSPS) is 15.9. The van der Waals surface area contributed by atoms with E-state index in [-0.39, 0.29) is 17.5 Å². The molecule has 1 aliphatic heterocycles. The van der Waals surface area contributed by atoms with E-state index in [0.29, 0.717) is 30.1 Å². The highest BCUT2D eigenvalue weighted by molar-refractivity contribution is 7.97.